The molecule has 0 saturated carbocycles. The third-order valence-corrected chi connectivity index (χ3v) is 5.27. The lowest BCUT2D eigenvalue weighted by Crippen LogP contribution is -2.25. The molecule has 5 rings (SSSR count). The fourth-order valence-electron chi connectivity index (χ4n) is 3.60. The molecule has 34 heavy (non-hydrogen) atoms. The summed E-state index contributed by atoms with van der Waals surface area (Å²) in [7, 11) is 0. The molecule has 5 aromatic heterocycles. The molecule has 0 aliphatic heterocycles. The fraction of sp³-hybridized carbons (Fsp3) is 0.200. The summed E-state index contributed by atoms with van der Waals surface area (Å²) in [5, 5.41) is 8.11. The van der Waals surface area contributed by atoms with Crippen molar-refractivity contribution in [3.63, 3.8) is 0 Å². The molecule has 0 saturated heterocycles. The number of carbonyl (C=O) groups is 1. The van der Waals surface area contributed by atoms with E-state index in [4.69, 9.17) is 18.6 Å². The van der Waals surface area contributed by atoms with E-state index in [0.717, 1.165) is 17.1 Å². The van der Waals surface area contributed by atoms with Gasteiger partial charge in [0.05, 0.1) is 35.4 Å². The van der Waals surface area contributed by atoms with Crippen LogP contribution in [0.1, 0.15) is 28.3 Å². The number of nitrogens with one attached hydrogen (secondary N) is 1. The fourth-order valence-corrected chi connectivity index (χ4v) is 3.60. The summed E-state index contributed by atoms with van der Waals surface area (Å²) >= 11 is 0. The first-order valence-corrected chi connectivity index (χ1v) is 11.0. The van der Waals surface area contributed by atoms with Crippen molar-refractivity contribution >= 4 is 16.9 Å². The van der Waals surface area contributed by atoms with Crippen molar-refractivity contribution in [1.82, 2.24) is 25.1 Å². The zero-order valence-electron chi connectivity index (χ0n) is 18.4. The number of carbonyl (C=O) groups excluding carboxylic acids is 1. The number of amides is 1. The second-order valence-corrected chi connectivity index (χ2v) is 7.66. The van der Waals surface area contributed by atoms with E-state index in [9.17, 15) is 4.79 Å². The summed E-state index contributed by atoms with van der Waals surface area (Å²) in [5.74, 6) is 1.33. The zero-order chi connectivity index (χ0) is 23.2. The maximum Gasteiger partial charge on any atom is 0.252 e. The average molecular weight is 457 g/mol. The van der Waals surface area contributed by atoms with E-state index in [0.29, 0.717) is 55.0 Å². The lowest BCUT2D eigenvalue weighted by atomic mass is 10.1. The number of furan rings is 2. The first kappa shape index (κ1) is 21.6. The topological polar surface area (TPSA) is 108 Å². The summed E-state index contributed by atoms with van der Waals surface area (Å²) in [4.78, 5) is 22.1. The van der Waals surface area contributed by atoms with E-state index >= 15 is 0 Å². The number of pyridine rings is 2. The SMILES string of the molecule is O=C(NCCCOCc1ccco1)c1cc(-c2cccnc2)nc2c1cnn2Cc1ccco1. The van der Waals surface area contributed by atoms with Gasteiger partial charge in [-0.15, -0.1) is 0 Å². The van der Waals surface area contributed by atoms with Gasteiger partial charge in [-0.2, -0.15) is 5.10 Å². The van der Waals surface area contributed by atoms with E-state index in [1.54, 1.807) is 41.9 Å². The molecule has 0 fully saturated rings. The third-order valence-electron chi connectivity index (χ3n) is 5.27. The van der Waals surface area contributed by atoms with Crippen LogP contribution in [0.3, 0.4) is 0 Å². The number of hydrogen-bond acceptors (Lipinski definition) is 7. The minimum Gasteiger partial charge on any atom is -0.467 e. The molecule has 5 aromatic rings. The van der Waals surface area contributed by atoms with Gasteiger partial charge in [0.15, 0.2) is 5.65 Å². The highest BCUT2D eigenvalue weighted by Crippen LogP contribution is 2.25. The van der Waals surface area contributed by atoms with Crippen LogP contribution in [0, 0.1) is 0 Å². The van der Waals surface area contributed by atoms with E-state index in [1.165, 1.54) is 0 Å². The van der Waals surface area contributed by atoms with Crippen molar-refractivity contribution < 1.29 is 18.4 Å². The zero-order valence-corrected chi connectivity index (χ0v) is 18.4. The number of hydrogen-bond donors (Lipinski definition) is 1. The van der Waals surface area contributed by atoms with Crippen LogP contribution in [0.4, 0.5) is 0 Å². The number of fused-ring (bicyclic) bond motifs is 1. The highest BCUT2D eigenvalue weighted by molar-refractivity contribution is 6.06. The summed E-state index contributed by atoms with van der Waals surface area (Å²) in [5.41, 5.74) is 2.57. The van der Waals surface area contributed by atoms with Gasteiger partial charge in [0.1, 0.15) is 24.7 Å². The van der Waals surface area contributed by atoms with Gasteiger partial charge >= 0.3 is 0 Å². The second-order valence-electron chi connectivity index (χ2n) is 7.66. The van der Waals surface area contributed by atoms with E-state index in [2.05, 4.69) is 15.4 Å². The Morgan fingerprint density at radius 1 is 1.06 bits per heavy atom. The second kappa shape index (κ2) is 10.1. The molecule has 0 aliphatic rings. The Morgan fingerprint density at radius 3 is 2.68 bits per heavy atom. The van der Waals surface area contributed by atoms with Crippen molar-refractivity contribution in [3.05, 3.63) is 90.7 Å². The first-order chi connectivity index (χ1) is 16.8. The molecule has 0 aliphatic carbocycles. The molecule has 9 nitrogen and oxygen atoms in total. The lowest BCUT2D eigenvalue weighted by molar-refractivity contribution is 0.0918. The predicted molar refractivity (Wildman–Crippen MR) is 124 cm³/mol. The van der Waals surface area contributed by atoms with Gasteiger partial charge in [0.25, 0.3) is 5.91 Å². The molecule has 0 atom stereocenters. The van der Waals surface area contributed by atoms with Crippen LogP contribution in [0.25, 0.3) is 22.3 Å². The monoisotopic (exact) mass is 457 g/mol. The first-order valence-electron chi connectivity index (χ1n) is 11.0. The number of ether oxygens (including phenoxy) is 1. The molecule has 0 bridgehead atoms. The predicted octanol–water partition coefficient (Wildman–Crippen LogP) is 4.06. The Labute approximate surface area is 195 Å². The van der Waals surface area contributed by atoms with Gasteiger partial charge in [0, 0.05) is 31.1 Å². The molecule has 172 valence electrons. The largest absolute Gasteiger partial charge is 0.467 e. The van der Waals surface area contributed by atoms with Crippen LogP contribution in [0.5, 0.6) is 0 Å². The van der Waals surface area contributed by atoms with Crippen LogP contribution < -0.4 is 5.32 Å². The molecule has 5 heterocycles. The molecule has 0 radical (unpaired) electrons. The van der Waals surface area contributed by atoms with Crippen molar-refractivity contribution in [3.8, 4) is 11.3 Å². The molecule has 0 aromatic carbocycles. The van der Waals surface area contributed by atoms with Gasteiger partial charge < -0.3 is 18.9 Å². The standard InChI is InChI=1S/C25H23N5O4/c31-25(27-9-4-10-32-17-20-7-3-12-34-20)21-13-23(18-5-1-8-26-14-18)29-24-22(21)15-28-30(24)16-19-6-2-11-33-19/h1-3,5-8,11-15H,4,9-10,16-17H2,(H,27,31). The van der Waals surface area contributed by atoms with E-state index < -0.39 is 0 Å². The number of nitrogens with zero attached hydrogens (tertiary/aromatic N) is 4. The summed E-state index contributed by atoms with van der Waals surface area (Å²) < 4.78 is 18.0. The minimum atomic E-state index is -0.193. The molecular weight excluding hydrogens is 434 g/mol. The van der Waals surface area contributed by atoms with E-state index in [1.807, 2.05) is 36.4 Å². The highest BCUT2D eigenvalue weighted by atomic mass is 16.5. The molecule has 0 spiro atoms. The van der Waals surface area contributed by atoms with Crippen molar-refractivity contribution in [2.75, 3.05) is 13.2 Å². The maximum atomic E-state index is 13.1. The van der Waals surface area contributed by atoms with Crippen molar-refractivity contribution in [2.24, 2.45) is 0 Å². The maximum absolute atomic E-state index is 13.1. The van der Waals surface area contributed by atoms with Crippen LogP contribution in [0.2, 0.25) is 0 Å². The molecule has 1 amide bonds. The van der Waals surface area contributed by atoms with Crippen molar-refractivity contribution in [1.29, 1.82) is 0 Å². The van der Waals surface area contributed by atoms with E-state index in [-0.39, 0.29) is 5.91 Å². The molecular formula is C25H23N5O4. The van der Waals surface area contributed by atoms with Gasteiger partial charge in [-0.05, 0) is 48.9 Å². The molecule has 1 N–H and O–H groups in total. The number of rotatable bonds is 10. The van der Waals surface area contributed by atoms with Gasteiger partial charge in [-0.25, -0.2) is 9.67 Å². The van der Waals surface area contributed by atoms with Gasteiger partial charge in [-0.1, -0.05) is 0 Å². The Morgan fingerprint density at radius 2 is 1.91 bits per heavy atom. The van der Waals surface area contributed by atoms with Crippen LogP contribution in [0.15, 0.2) is 82.4 Å². The van der Waals surface area contributed by atoms with Gasteiger partial charge in [0.2, 0.25) is 0 Å². The van der Waals surface area contributed by atoms with Crippen LogP contribution in [-0.4, -0.2) is 38.8 Å². The van der Waals surface area contributed by atoms with Crippen LogP contribution >= 0.6 is 0 Å². The average Bonchev–Trinajstić information content (AvgIpc) is 3.65. The summed E-state index contributed by atoms with van der Waals surface area (Å²) in [6.07, 6.45) is 9.00. The minimum absolute atomic E-state index is 0.193. The number of aromatic nitrogens is 4. The highest BCUT2D eigenvalue weighted by Gasteiger charge is 2.18. The Balaban J connectivity index is 1.33. The summed E-state index contributed by atoms with van der Waals surface area (Å²) in [6.45, 7) is 1.81. The smallest absolute Gasteiger partial charge is 0.252 e. The molecule has 9 heteroatoms. The Bertz CT molecular complexity index is 1350. The molecule has 0 unspecified atom stereocenters. The van der Waals surface area contributed by atoms with Gasteiger partial charge in [-0.3, -0.25) is 9.78 Å². The summed E-state index contributed by atoms with van der Waals surface area (Å²) in [6, 6.07) is 12.9. The Hall–Kier alpha value is -4.24. The van der Waals surface area contributed by atoms with Crippen LogP contribution in [-0.2, 0) is 17.9 Å². The normalized spacial score (nSPS) is 11.2. The Kier molecular flexibility index (Phi) is 6.44. The third kappa shape index (κ3) is 4.89. The van der Waals surface area contributed by atoms with Crippen molar-refractivity contribution in [2.45, 2.75) is 19.6 Å². The lowest BCUT2D eigenvalue weighted by Gasteiger charge is -2.10. The quantitative estimate of drug-likeness (QED) is 0.315.